The quantitative estimate of drug-likeness (QED) is 0.769. The Morgan fingerprint density at radius 2 is 2.00 bits per heavy atom. The molecule has 0 spiro atoms. The molecule has 0 radical (unpaired) electrons. The predicted molar refractivity (Wildman–Crippen MR) is 104 cm³/mol. The fourth-order valence-electron chi connectivity index (χ4n) is 2.95. The molecular formula is C20H28N4O3. The predicted octanol–water partition coefficient (Wildman–Crippen LogP) is 2.18. The molecule has 1 amide bonds. The number of ether oxygens (including phenoxy) is 2. The Kier molecular flexibility index (Phi) is 6.84. The molecule has 0 aliphatic carbocycles. The van der Waals surface area contributed by atoms with Crippen LogP contribution in [0.25, 0.3) is 0 Å². The molecule has 0 bridgehead atoms. The van der Waals surface area contributed by atoms with Crippen LogP contribution in [-0.4, -0.2) is 60.0 Å². The van der Waals surface area contributed by atoms with Crippen molar-refractivity contribution in [3.8, 4) is 5.75 Å². The van der Waals surface area contributed by atoms with Crippen LogP contribution in [0.15, 0.2) is 36.5 Å². The second kappa shape index (κ2) is 9.53. The Hall–Kier alpha value is -2.38. The summed E-state index contributed by atoms with van der Waals surface area (Å²) in [5.74, 6) is 0.611. The number of rotatable bonds is 8. The summed E-state index contributed by atoms with van der Waals surface area (Å²) >= 11 is 0. The molecule has 1 aromatic carbocycles. The third-order valence-electron chi connectivity index (χ3n) is 4.73. The Morgan fingerprint density at radius 3 is 2.67 bits per heavy atom. The van der Waals surface area contributed by atoms with E-state index in [1.54, 1.807) is 6.20 Å². The summed E-state index contributed by atoms with van der Waals surface area (Å²) in [6.07, 6.45) is 1.75. The van der Waals surface area contributed by atoms with E-state index in [4.69, 9.17) is 9.47 Å². The van der Waals surface area contributed by atoms with Gasteiger partial charge in [0.2, 0.25) is 5.91 Å². The number of aromatic nitrogens is 2. The van der Waals surface area contributed by atoms with Gasteiger partial charge in [-0.3, -0.25) is 14.4 Å². The molecule has 1 aliphatic heterocycles. The number of nitrogens with zero attached hydrogens (tertiary/aromatic N) is 3. The standard InChI is InChI=1S/C20H28N4O3/c1-16(15-24-17(2)7-8-21-24)20(25)22-18-3-5-19(6-4-18)27-14-11-23-9-12-26-13-10-23/h3-8,16H,9-15H2,1-2H3,(H,22,25)/t16-/m1/s1. The molecule has 7 nitrogen and oxygen atoms in total. The first kappa shape index (κ1) is 19.4. The summed E-state index contributed by atoms with van der Waals surface area (Å²) in [5, 5.41) is 7.18. The maximum Gasteiger partial charge on any atom is 0.229 e. The van der Waals surface area contributed by atoms with Gasteiger partial charge in [0.05, 0.1) is 25.7 Å². The summed E-state index contributed by atoms with van der Waals surface area (Å²) in [6, 6.07) is 9.44. The number of carbonyl (C=O) groups excluding carboxylic acids is 1. The van der Waals surface area contributed by atoms with Gasteiger partial charge in [-0.15, -0.1) is 0 Å². The SMILES string of the molecule is Cc1ccnn1C[C@@H](C)C(=O)Nc1ccc(OCCN2CCOCC2)cc1. The van der Waals surface area contributed by atoms with Crippen molar-refractivity contribution in [1.29, 1.82) is 0 Å². The first-order valence-electron chi connectivity index (χ1n) is 9.44. The van der Waals surface area contributed by atoms with E-state index >= 15 is 0 Å². The van der Waals surface area contributed by atoms with Gasteiger partial charge in [-0.2, -0.15) is 5.10 Å². The number of carbonyl (C=O) groups is 1. The monoisotopic (exact) mass is 372 g/mol. The zero-order valence-corrected chi connectivity index (χ0v) is 16.1. The van der Waals surface area contributed by atoms with Crippen LogP contribution in [0.5, 0.6) is 5.75 Å². The second-order valence-electron chi connectivity index (χ2n) is 6.87. The van der Waals surface area contributed by atoms with E-state index in [2.05, 4.69) is 15.3 Å². The lowest BCUT2D eigenvalue weighted by atomic mass is 10.1. The zero-order valence-electron chi connectivity index (χ0n) is 16.1. The minimum Gasteiger partial charge on any atom is -0.492 e. The topological polar surface area (TPSA) is 68.6 Å². The van der Waals surface area contributed by atoms with Crippen LogP contribution in [-0.2, 0) is 16.1 Å². The summed E-state index contributed by atoms with van der Waals surface area (Å²) in [7, 11) is 0. The molecule has 2 aromatic rings. The lowest BCUT2D eigenvalue weighted by molar-refractivity contribution is -0.119. The highest BCUT2D eigenvalue weighted by atomic mass is 16.5. The van der Waals surface area contributed by atoms with Crippen LogP contribution in [0, 0.1) is 12.8 Å². The number of benzene rings is 1. The molecule has 3 rings (SSSR count). The highest BCUT2D eigenvalue weighted by Gasteiger charge is 2.15. The van der Waals surface area contributed by atoms with Crippen molar-refractivity contribution >= 4 is 11.6 Å². The van der Waals surface area contributed by atoms with E-state index in [0.717, 1.165) is 50.0 Å². The van der Waals surface area contributed by atoms with Crippen molar-refractivity contribution in [3.63, 3.8) is 0 Å². The molecule has 1 aromatic heterocycles. The van der Waals surface area contributed by atoms with Gasteiger partial charge in [-0.25, -0.2) is 0 Å². The van der Waals surface area contributed by atoms with Crippen molar-refractivity contribution in [3.05, 3.63) is 42.2 Å². The van der Waals surface area contributed by atoms with Crippen LogP contribution < -0.4 is 10.1 Å². The highest BCUT2D eigenvalue weighted by molar-refractivity contribution is 5.92. The second-order valence-corrected chi connectivity index (χ2v) is 6.87. The van der Waals surface area contributed by atoms with E-state index in [1.807, 2.05) is 48.9 Å². The average molecular weight is 372 g/mol. The number of anilines is 1. The lowest BCUT2D eigenvalue weighted by Gasteiger charge is -2.26. The van der Waals surface area contributed by atoms with E-state index in [-0.39, 0.29) is 11.8 Å². The molecule has 1 N–H and O–H groups in total. The Morgan fingerprint density at radius 1 is 1.26 bits per heavy atom. The van der Waals surface area contributed by atoms with Crippen molar-refractivity contribution in [2.24, 2.45) is 5.92 Å². The van der Waals surface area contributed by atoms with Gasteiger partial charge in [0.25, 0.3) is 0 Å². The smallest absolute Gasteiger partial charge is 0.229 e. The molecule has 0 saturated carbocycles. The maximum absolute atomic E-state index is 12.4. The van der Waals surface area contributed by atoms with Crippen LogP contribution in [0.1, 0.15) is 12.6 Å². The molecular weight excluding hydrogens is 344 g/mol. The number of aryl methyl sites for hydroxylation is 1. The van der Waals surface area contributed by atoms with Crippen molar-refractivity contribution in [1.82, 2.24) is 14.7 Å². The van der Waals surface area contributed by atoms with Crippen LogP contribution in [0.3, 0.4) is 0 Å². The number of hydrogen-bond acceptors (Lipinski definition) is 5. The number of morpholine rings is 1. The largest absolute Gasteiger partial charge is 0.492 e. The van der Waals surface area contributed by atoms with Gasteiger partial charge in [-0.1, -0.05) is 6.92 Å². The molecule has 0 unspecified atom stereocenters. The Bertz CT molecular complexity index is 723. The minimum absolute atomic E-state index is 0.0223. The van der Waals surface area contributed by atoms with Gasteiger partial charge < -0.3 is 14.8 Å². The normalized spacial score (nSPS) is 16.1. The van der Waals surface area contributed by atoms with Crippen LogP contribution >= 0.6 is 0 Å². The number of amides is 1. The van der Waals surface area contributed by atoms with Gasteiger partial charge in [0.1, 0.15) is 12.4 Å². The lowest BCUT2D eigenvalue weighted by Crippen LogP contribution is -2.38. The van der Waals surface area contributed by atoms with Gasteiger partial charge in [0.15, 0.2) is 0 Å². The van der Waals surface area contributed by atoms with E-state index in [9.17, 15) is 4.79 Å². The van der Waals surface area contributed by atoms with E-state index < -0.39 is 0 Å². The van der Waals surface area contributed by atoms with Gasteiger partial charge in [0, 0.05) is 37.2 Å². The average Bonchev–Trinajstić information content (AvgIpc) is 3.08. The molecule has 2 heterocycles. The summed E-state index contributed by atoms with van der Waals surface area (Å²) in [4.78, 5) is 14.7. The highest BCUT2D eigenvalue weighted by Crippen LogP contribution is 2.17. The Labute approximate surface area is 160 Å². The van der Waals surface area contributed by atoms with Crippen molar-refractivity contribution < 1.29 is 14.3 Å². The third-order valence-corrected chi connectivity index (χ3v) is 4.73. The maximum atomic E-state index is 12.4. The van der Waals surface area contributed by atoms with E-state index in [1.165, 1.54) is 0 Å². The van der Waals surface area contributed by atoms with Crippen LogP contribution in [0.4, 0.5) is 5.69 Å². The Balaban J connectivity index is 1.42. The first-order chi connectivity index (χ1) is 13.1. The molecule has 1 fully saturated rings. The molecule has 1 atom stereocenters. The fourth-order valence-corrected chi connectivity index (χ4v) is 2.95. The first-order valence-corrected chi connectivity index (χ1v) is 9.44. The fraction of sp³-hybridized carbons (Fsp3) is 0.500. The zero-order chi connectivity index (χ0) is 19.1. The molecule has 1 saturated heterocycles. The van der Waals surface area contributed by atoms with E-state index in [0.29, 0.717) is 13.2 Å². The van der Waals surface area contributed by atoms with Gasteiger partial charge in [-0.05, 0) is 37.3 Å². The summed E-state index contributed by atoms with van der Waals surface area (Å²) in [5.41, 5.74) is 1.82. The molecule has 7 heteroatoms. The minimum atomic E-state index is -0.173. The molecule has 1 aliphatic rings. The third kappa shape index (κ3) is 5.80. The molecule has 146 valence electrons. The summed E-state index contributed by atoms with van der Waals surface area (Å²) in [6.45, 7) is 9.51. The molecule has 27 heavy (non-hydrogen) atoms. The summed E-state index contributed by atoms with van der Waals surface area (Å²) < 4.78 is 13.0. The van der Waals surface area contributed by atoms with Crippen LogP contribution in [0.2, 0.25) is 0 Å². The number of hydrogen-bond donors (Lipinski definition) is 1. The van der Waals surface area contributed by atoms with Crippen molar-refractivity contribution in [2.75, 3.05) is 44.8 Å². The van der Waals surface area contributed by atoms with Crippen molar-refractivity contribution in [2.45, 2.75) is 20.4 Å². The number of nitrogens with one attached hydrogen (secondary N) is 1. The van der Waals surface area contributed by atoms with Gasteiger partial charge >= 0.3 is 0 Å².